The Bertz CT molecular complexity index is 1300. The summed E-state index contributed by atoms with van der Waals surface area (Å²) in [6, 6.07) is 9.52. The topological polar surface area (TPSA) is 71.7 Å². The smallest absolute Gasteiger partial charge is 0.279 e. The SMILES string of the molecule is C#CCn1c(=NC(=O)c2ccc(N3C(=O)CCC3=O)cc2)sc2cc(Cl)cc(Cl)c21. The molecule has 0 unspecified atom stereocenters. The second-order valence-corrected chi connectivity index (χ2v) is 8.35. The Morgan fingerprint density at radius 2 is 1.80 bits per heavy atom. The van der Waals surface area contributed by atoms with Crippen LogP contribution in [0, 0.1) is 12.3 Å². The molecule has 0 bridgehead atoms. The van der Waals surface area contributed by atoms with E-state index in [0.29, 0.717) is 31.6 Å². The summed E-state index contributed by atoms with van der Waals surface area (Å²) in [6.45, 7) is 0.186. The third kappa shape index (κ3) is 3.65. The number of hydrogen-bond acceptors (Lipinski definition) is 4. The van der Waals surface area contributed by atoms with Gasteiger partial charge in [-0.3, -0.25) is 19.3 Å². The second kappa shape index (κ2) is 8.07. The lowest BCUT2D eigenvalue weighted by Crippen LogP contribution is -2.28. The standard InChI is InChI=1S/C21H13Cl2N3O3S/c1-2-9-25-19-15(23)10-13(22)11-16(19)30-21(25)24-20(29)12-3-5-14(6-4-12)26-17(27)7-8-18(26)28/h1,3-6,10-11H,7-9H2. The highest BCUT2D eigenvalue weighted by molar-refractivity contribution is 7.16. The molecular formula is C21H13Cl2N3O3S. The highest BCUT2D eigenvalue weighted by Crippen LogP contribution is 2.30. The molecule has 6 nitrogen and oxygen atoms in total. The number of benzene rings is 2. The van der Waals surface area contributed by atoms with Crippen molar-refractivity contribution in [3.63, 3.8) is 0 Å². The van der Waals surface area contributed by atoms with E-state index in [-0.39, 0.29) is 31.2 Å². The summed E-state index contributed by atoms with van der Waals surface area (Å²) in [7, 11) is 0. The number of carbonyl (C=O) groups is 3. The number of carbonyl (C=O) groups excluding carboxylic acids is 3. The lowest BCUT2D eigenvalue weighted by Gasteiger charge is -2.13. The second-order valence-electron chi connectivity index (χ2n) is 6.50. The van der Waals surface area contributed by atoms with Gasteiger partial charge in [0.15, 0.2) is 4.80 Å². The van der Waals surface area contributed by atoms with Crippen LogP contribution < -0.4 is 9.70 Å². The number of anilines is 1. The van der Waals surface area contributed by atoms with E-state index in [0.717, 1.165) is 9.60 Å². The monoisotopic (exact) mass is 457 g/mol. The molecule has 0 N–H and O–H groups in total. The van der Waals surface area contributed by atoms with Crippen molar-refractivity contribution in [3.8, 4) is 12.3 Å². The van der Waals surface area contributed by atoms with Crippen LogP contribution in [0.5, 0.6) is 0 Å². The van der Waals surface area contributed by atoms with Crippen LogP contribution in [0.25, 0.3) is 10.2 Å². The van der Waals surface area contributed by atoms with E-state index in [4.69, 9.17) is 29.6 Å². The summed E-state index contributed by atoms with van der Waals surface area (Å²) in [5.74, 6) is 1.56. The molecule has 2 heterocycles. The Morgan fingerprint density at radius 3 is 2.43 bits per heavy atom. The molecule has 2 aromatic carbocycles. The van der Waals surface area contributed by atoms with Gasteiger partial charge in [-0.25, -0.2) is 0 Å². The number of thiazole rings is 1. The van der Waals surface area contributed by atoms with Crippen LogP contribution >= 0.6 is 34.5 Å². The number of nitrogens with zero attached hydrogens (tertiary/aromatic N) is 3. The van der Waals surface area contributed by atoms with Gasteiger partial charge in [-0.2, -0.15) is 4.99 Å². The molecule has 0 radical (unpaired) electrons. The third-order valence-electron chi connectivity index (χ3n) is 4.57. The highest BCUT2D eigenvalue weighted by Gasteiger charge is 2.30. The van der Waals surface area contributed by atoms with Crippen LogP contribution in [0.1, 0.15) is 23.2 Å². The maximum Gasteiger partial charge on any atom is 0.279 e. The third-order valence-corrected chi connectivity index (χ3v) is 6.10. The normalized spacial score (nSPS) is 14.6. The van der Waals surface area contributed by atoms with Crippen LogP contribution in [0.4, 0.5) is 5.69 Å². The molecule has 9 heteroatoms. The summed E-state index contributed by atoms with van der Waals surface area (Å²) in [4.78, 5) is 42.2. The molecule has 30 heavy (non-hydrogen) atoms. The summed E-state index contributed by atoms with van der Waals surface area (Å²) in [5.41, 5.74) is 1.41. The first-order chi connectivity index (χ1) is 14.4. The van der Waals surface area contributed by atoms with Crippen LogP contribution in [-0.2, 0) is 16.1 Å². The molecule has 1 aromatic heterocycles. The first kappa shape index (κ1) is 20.4. The summed E-state index contributed by atoms with van der Waals surface area (Å²) in [5, 5.41) is 0.892. The van der Waals surface area contributed by atoms with Gasteiger partial charge in [-0.05, 0) is 36.4 Å². The van der Waals surface area contributed by atoms with Gasteiger partial charge in [0, 0.05) is 23.4 Å². The Hall–Kier alpha value is -2.92. The van der Waals surface area contributed by atoms with Crippen molar-refractivity contribution in [2.75, 3.05) is 4.90 Å². The van der Waals surface area contributed by atoms with Crippen LogP contribution in [-0.4, -0.2) is 22.3 Å². The lowest BCUT2D eigenvalue weighted by atomic mass is 10.2. The molecule has 0 aliphatic carbocycles. The van der Waals surface area contributed by atoms with E-state index < -0.39 is 5.91 Å². The minimum Gasteiger partial charge on any atom is -0.303 e. The fourth-order valence-corrected chi connectivity index (χ4v) is 5.03. The number of halogens is 2. The van der Waals surface area contributed by atoms with E-state index >= 15 is 0 Å². The Labute approximate surface area is 185 Å². The van der Waals surface area contributed by atoms with Gasteiger partial charge in [0.25, 0.3) is 5.91 Å². The van der Waals surface area contributed by atoms with Gasteiger partial charge in [-0.15, -0.1) is 6.42 Å². The fourth-order valence-electron chi connectivity index (χ4n) is 3.22. The number of fused-ring (bicyclic) bond motifs is 1. The van der Waals surface area contributed by atoms with Gasteiger partial charge in [0.1, 0.15) is 0 Å². The van der Waals surface area contributed by atoms with Gasteiger partial charge < -0.3 is 4.57 Å². The molecule has 3 aromatic rings. The Kier molecular flexibility index (Phi) is 5.48. The highest BCUT2D eigenvalue weighted by atomic mass is 35.5. The van der Waals surface area contributed by atoms with Crippen molar-refractivity contribution in [1.82, 2.24) is 4.57 Å². The minimum atomic E-state index is -0.486. The predicted molar refractivity (Wildman–Crippen MR) is 117 cm³/mol. The number of aromatic nitrogens is 1. The van der Waals surface area contributed by atoms with E-state index in [9.17, 15) is 14.4 Å². The van der Waals surface area contributed by atoms with Gasteiger partial charge in [0.05, 0.1) is 27.5 Å². The molecule has 1 fully saturated rings. The van der Waals surface area contributed by atoms with Gasteiger partial charge in [-0.1, -0.05) is 40.5 Å². The molecule has 0 spiro atoms. The minimum absolute atomic E-state index is 0.186. The van der Waals surface area contributed by atoms with E-state index in [1.54, 1.807) is 28.8 Å². The van der Waals surface area contributed by atoms with Crippen molar-refractivity contribution in [2.45, 2.75) is 19.4 Å². The van der Waals surface area contributed by atoms with Crippen molar-refractivity contribution in [1.29, 1.82) is 0 Å². The van der Waals surface area contributed by atoms with E-state index in [1.165, 1.54) is 23.5 Å². The quantitative estimate of drug-likeness (QED) is 0.440. The van der Waals surface area contributed by atoms with Crippen LogP contribution in [0.3, 0.4) is 0 Å². The van der Waals surface area contributed by atoms with Gasteiger partial charge in [0.2, 0.25) is 11.8 Å². The maximum atomic E-state index is 12.7. The molecule has 150 valence electrons. The summed E-state index contributed by atoms with van der Waals surface area (Å²) < 4.78 is 2.45. The van der Waals surface area contributed by atoms with Crippen molar-refractivity contribution < 1.29 is 14.4 Å². The van der Waals surface area contributed by atoms with E-state index in [2.05, 4.69) is 10.9 Å². The number of hydrogen-bond donors (Lipinski definition) is 0. The van der Waals surface area contributed by atoms with Crippen molar-refractivity contribution >= 4 is 68.2 Å². The number of amides is 3. The average Bonchev–Trinajstić information content (AvgIpc) is 3.21. The Morgan fingerprint density at radius 1 is 1.13 bits per heavy atom. The molecule has 3 amide bonds. The largest absolute Gasteiger partial charge is 0.303 e. The number of terminal acetylenes is 1. The van der Waals surface area contributed by atoms with Crippen molar-refractivity contribution in [3.05, 3.63) is 56.8 Å². The van der Waals surface area contributed by atoms with E-state index in [1.807, 2.05) is 0 Å². The molecular weight excluding hydrogens is 445 g/mol. The zero-order valence-corrected chi connectivity index (χ0v) is 17.7. The maximum absolute atomic E-state index is 12.7. The predicted octanol–water partition coefficient (Wildman–Crippen LogP) is 4.04. The summed E-state index contributed by atoms with van der Waals surface area (Å²) >= 11 is 13.6. The molecule has 0 saturated carbocycles. The van der Waals surface area contributed by atoms with Crippen LogP contribution in [0.15, 0.2) is 41.4 Å². The zero-order chi connectivity index (χ0) is 21.4. The summed E-state index contributed by atoms with van der Waals surface area (Å²) in [6.07, 6.45) is 5.87. The number of rotatable bonds is 3. The lowest BCUT2D eigenvalue weighted by molar-refractivity contribution is -0.121. The Balaban J connectivity index is 1.72. The zero-order valence-electron chi connectivity index (χ0n) is 15.4. The molecule has 0 atom stereocenters. The molecule has 1 aliphatic heterocycles. The fraction of sp³-hybridized carbons (Fsp3) is 0.143. The van der Waals surface area contributed by atoms with Gasteiger partial charge >= 0.3 is 0 Å². The molecule has 1 aliphatic rings. The molecule has 1 saturated heterocycles. The molecule has 4 rings (SSSR count). The average molecular weight is 458 g/mol. The van der Waals surface area contributed by atoms with Crippen molar-refractivity contribution in [2.24, 2.45) is 4.99 Å². The number of imide groups is 1. The first-order valence-electron chi connectivity index (χ1n) is 8.86. The van der Waals surface area contributed by atoms with Crippen LogP contribution in [0.2, 0.25) is 10.0 Å². The first-order valence-corrected chi connectivity index (χ1v) is 10.4.